The van der Waals surface area contributed by atoms with Gasteiger partial charge in [-0.25, -0.2) is 14.4 Å². The molecule has 1 aliphatic heterocycles. The van der Waals surface area contributed by atoms with Crippen LogP contribution < -0.4 is 10.2 Å². The molecule has 0 aliphatic carbocycles. The van der Waals surface area contributed by atoms with Gasteiger partial charge in [-0.2, -0.15) is 0 Å². The molecule has 0 bridgehead atoms. The molecular formula is C23H28FIN6O. The molecule has 32 heavy (non-hydrogen) atoms. The van der Waals surface area contributed by atoms with E-state index in [2.05, 4.69) is 20.1 Å². The van der Waals surface area contributed by atoms with Crippen molar-refractivity contribution in [1.82, 2.24) is 19.8 Å². The molecular weight excluding hydrogens is 522 g/mol. The number of piperazine rings is 1. The molecule has 0 radical (unpaired) electrons. The van der Waals surface area contributed by atoms with Gasteiger partial charge in [-0.15, -0.1) is 24.0 Å². The Morgan fingerprint density at radius 1 is 1.12 bits per heavy atom. The van der Waals surface area contributed by atoms with Gasteiger partial charge in [0.25, 0.3) is 0 Å². The number of aromatic hydroxyl groups is 1. The molecule has 2 N–H and O–H groups in total. The summed E-state index contributed by atoms with van der Waals surface area (Å²) in [6.07, 6.45) is 4.92. The highest BCUT2D eigenvalue weighted by molar-refractivity contribution is 14.0. The SMILES string of the molecule is CCNC(=NCc1ccc(-n2ccnc2)c(F)c1)N1CCN(c2ccccc2O)CC1.I. The molecule has 1 fully saturated rings. The van der Waals surface area contributed by atoms with Crippen molar-refractivity contribution in [2.75, 3.05) is 37.6 Å². The summed E-state index contributed by atoms with van der Waals surface area (Å²) >= 11 is 0. The molecule has 2 aromatic carbocycles. The van der Waals surface area contributed by atoms with Gasteiger partial charge in [-0.05, 0) is 36.8 Å². The van der Waals surface area contributed by atoms with E-state index in [0.717, 1.165) is 49.9 Å². The van der Waals surface area contributed by atoms with Gasteiger partial charge in [0.05, 0.1) is 24.2 Å². The Morgan fingerprint density at radius 2 is 1.91 bits per heavy atom. The van der Waals surface area contributed by atoms with Crippen molar-refractivity contribution in [1.29, 1.82) is 0 Å². The molecule has 170 valence electrons. The van der Waals surface area contributed by atoms with Gasteiger partial charge in [0.15, 0.2) is 5.96 Å². The molecule has 9 heteroatoms. The van der Waals surface area contributed by atoms with Gasteiger partial charge in [-0.3, -0.25) is 0 Å². The number of rotatable bonds is 5. The standard InChI is InChI=1S/C23H27FN6O.HI/c1-2-26-23(29-13-11-28(12-14-29)21-5-3-4-6-22(21)31)27-16-18-7-8-20(19(24)15-18)30-10-9-25-17-30;/h3-10,15,17,31H,2,11-14,16H2,1H3,(H,26,27);1H. The fourth-order valence-electron chi connectivity index (χ4n) is 3.74. The van der Waals surface area contributed by atoms with Crippen LogP contribution in [0.15, 0.2) is 66.2 Å². The predicted molar refractivity (Wildman–Crippen MR) is 136 cm³/mol. The molecule has 1 aliphatic rings. The molecule has 0 atom stereocenters. The number of phenolic OH excluding ortho intramolecular Hbond substituents is 1. The van der Waals surface area contributed by atoms with E-state index in [4.69, 9.17) is 4.99 Å². The number of hydrogen-bond acceptors (Lipinski definition) is 4. The van der Waals surface area contributed by atoms with Gasteiger partial charge >= 0.3 is 0 Å². The van der Waals surface area contributed by atoms with Crippen molar-refractivity contribution in [3.8, 4) is 11.4 Å². The number of aromatic nitrogens is 2. The molecule has 4 rings (SSSR count). The Kier molecular flexibility index (Phi) is 8.32. The van der Waals surface area contributed by atoms with Crippen molar-refractivity contribution in [3.05, 3.63) is 72.6 Å². The fourth-order valence-corrected chi connectivity index (χ4v) is 3.74. The Morgan fingerprint density at radius 3 is 2.56 bits per heavy atom. The Hall–Kier alpha value is -2.82. The average Bonchev–Trinajstić information content (AvgIpc) is 3.32. The van der Waals surface area contributed by atoms with E-state index in [1.807, 2.05) is 31.2 Å². The van der Waals surface area contributed by atoms with Crippen LogP contribution >= 0.6 is 24.0 Å². The lowest BCUT2D eigenvalue weighted by Crippen LogP contribution is -2.52. The number of aliphatic imine (C=N–C) groups is 1. The van der Waals surface area contributed by atoms with E-state index in [-0.39, 0.29) is 29.8 Å². The van der Waals surface area contributed by atoms with Crippen molar-refractivity contribution in [3.63, 3.8) is 0 Å². The number of nitrogens with one attached hydrogen (secondary N) is 1. The van der Waals surface area contributed by atoms with Crippen LogP contribution in [0.25, 0.3) is 5.69 Å². The third-order valence-corrected chi connectivity index (χ3v) is 5.34. The zero-order chi connectivity index (χ0) is 21.6. The number of phenols is 1. The van der Waals surface area contributed by atoms with Crippen molar-refractivity contribution < 1.29 is 9.50 Å². The minimum atomic E-state index is -0.299. The molecule has 0 saturated carbocycles. The van der Waals surface area contributed by atoms with E-state index in [1.54, 1.807) is 35.4 Å². The maximum absolute atomic E-state index is 14.5. The van der Waals surface area contributed by atoms with Crippen LogP contribution in [0.3, 0.4) is 0 Å². The first-order valence-electron chi connectivity index (χ1n) is 10.5. The summed E-state index contributed by atoms with van der Waals surface area (Å²) in [5, 5.41) is 13.4. The molecule has 0 amide bonds. The summed E-state index contributed by atoms with van der Waals surface area (Å²) < 4.78 is 16.2. The highest BCUT2D eigenvalue weighted by atomic mass is 127. The quantitative estimate of drug-likeness (QED) is 0.289. The summed E-state index contributed by atoms with van der Waals surface area (Å²) in [7, 11) is 0. The Labute approximate surface area is 204 Å². The summed E-state index contributed by atoms with van der Waals surface area (Å²) in [6, 6.07) is 12.6. The lowest BCUT2D eigenvalue weighted by molar-refractivity contribution is 0.369. The highest BCUT2D eigenvalue weighted by Gasteiger charge is 2.21. The molecule has 0 spiro atoms. The number of benzene rings is 2. The van der Waals surface area contributed by atoms with E-state index in [1.165, 1.54) is 6.07 Å². The Bertz CT molecular complexity index is 1030. The monoisotopic (exact) mass is 550 g/mol. The van der Waals surface area contributed by atoms with Crippen molar-refractivity contribution >= 4 is 35.6 Å². The van der Waals surface area contributed by atoms with Crippen LogP contribution in [-0.4, -0.2) is 58.2 Å². The number of para-hydroxylation sites is 2. The number of nitrogens with zero attached hydrogens (tertiary/aromatic N) is 5. The van der Waals surface area contributed by atoms with Gasteiger partial charge in [-0.1, -0.05) is 18.2 Å². The van der Waals surface area contributed by atoms with E-state index in [9.17, 15) is 9.50 Å². The van der Waals surface area contributed by atoms with Crippen LogP contribution in [0.1, 0.15) is 12.5 Å². The second-order valence-electron chi connectivity index (χ2n) is 7.39. The molecule has 3 aromatic rings. The van der Waals surface area contributed by atoms with Gasteiger partial charge in [0.1, 0.15) is 11.6 Å². The smallest absolute Gasteiger partial charge is 0.194 e. The second-order valence-corrected chi connectivity index (χ2v) is 7.39. The number of guanidine groups is 1. The van der Waals surface area contributed by atoms with Crippen LogP contribution in [0.5, 0.6) is 5.75 Å². The first kappa shape index (κ1) is 23.8. The number of anilines is 1. The van der Waals surface area contributed by atoms with E-state index >= 15 is 0 Å². The number of hydrogen-bond donors (Lipinski definition) is 2. The van der Waals surface area contributed by atoms with Crippen LogP contribution in [0.2, 0.25) is 0 Å². The maximum atomic E-state index is 14.5. The maximum Gasteiger partial charge on any atom is 0.194 e. The molecule has 0 unspecified atom stereocenters. The summed E-state index contributed by atoms with van der Waals surface area (Å²) in [5.41, 5.74) is 2.14. The lowest BCUT2D eigenvalue weighted by atomic mass is 10.2. The van der Waals surface area contributed by atoms with Crippen LogP contribution in [0.4, 0.5) is 10.1 Å². The fraction of sp³-hybridized carbons (Fsp3) is 0.304. The van der Waals surface area contributed by atoms with Gasteiger partial charge < -0.3 is 24.8 Å². The largest absolute Gasteiger partial charge is 0.506 e. The normalized spacial score (nSPS) is 14.2. The Balaban J connectivity index is 0.00000289. The van der Waals surface area contributed by atoms with Gasteiger partial charge in [0.2, 0.25) is 0 Å². The minimum Gasteiger partial charge on any atom is -0.506 e. The third-order valence-electron chi connectivity index (χ3n) is 5.34. The minimum absolute atomic E-state index is 0. The molecule has 2 heterocycles. The van der Waals surface area contributed by atoms with Gasteiger partial charge in [0, 0.05) is 45.1 Å². The van der Waals surface area contributed by atoms with Crippen LogP contribution in [0, 0.1) is 5.82 Å². The summed E-state index contributed by atoms with van der Waals surface area (Å²) in [5.74, 6) is 0.822. The lowest BCUT2D eigenvalue weighted by Gasteiger charge is -2.37. The zero-order valence-electron chi connectivity index (χ0n) is 18.0. The third kappa shape index (κ3) is 5.50. The first-order valence-corrected chi connectivity index (χ1v) is 10.5. The zero-order valence-corrected chi connectivity index (χ0v) is 20.3. The first-order chi connectivity index (χ1) is 15.2. The van der Waals surface area contributed by atoms with E-state index < -0.39 is 0 Å². The van der Waals surface area contributed by atoms with Crippen molar-refractivity contribution in [2.24, 2.45) is 4.99 Å². The number of halogens is 2. The number of imidazole rings is 1. The highest BCUT2D eigenvalue weighted by Crippen LogP contribution is 2.27. The second kappa shape index (κ2) is 11.2. The summed E-state index contributed by atoms with van der Waals surface area (Å²) in [6.45, 7) is 6.33. The predicted octanol–water partition coefficient (Wildman–Crippen LogP) is 3.62. The van der Waals surface area contributed by atoms with Crippen LogP contribution in [-0.2, 0) is 6.54 Å². The van der Waals surface area contributed by atoms with Crippen molar-refractivity contribution in [2.45, 2.75) is 13.5 Å². The molecule has 7 nitrogen and oxygen atoms in total. The average molecular weight is 550 g/mol. The molecule has 1 aromatic heterocycles. The summed E-state index contributed by atoms with van der Waals surface area (Å²) in [4.78, 5) is 13.1. The van der Waals surface area contributed by atoms with E-state index in [0.29, 0.717) is 18.0 Å². The topological polar surface area (TPSA) is 68.9 Å². The molecule has 1 saturated heterocycles.